The van der Waals surface area contributed by atoms with Crippen molar-refractivity contribution in [3.63, 3.8) is 0 Å². The molecule has 1 aliphatic carbocycles. The molecule has 0 aliphatic heterocycles. The van der Waals surface area contributed by atoms with Crippen molar-refractivity contribution >= 4 is 34.1 Å². The number of thiazole rings is 1. The average Bonchev–Trinajstić information content (AvgIpc) is 3.06. The molecule has 0 atom stereocenters. The highest BCUT2D eigenvalue weighted by Gasteiger charge is 2.18. The smallest absolute Gasteiger partial charge is 0.350 e. The minimum absolute atomic E-state index is 0.0361. The third kappa shape index (κ3) is 4.84. The first-order valence-corrected chi connectivity index (χ1v) is 10.4. The van der Waals surface area contributed by atoms with Crippen LogP contribution in [0.2, 0.25) is 0 Å². The quantitative estimate of drug-likeness (QED) is 0.558. The summed E-state index contributed by atoms with van der Waals surface area (Å²) in [5.74, 6) is -0.776. The summed E-state index contributed by atoms with van der Waals surface area (Å²) in [7, 11) is 0. The largest absolute Gasteiger partial charge is 0.462 e. The summed E-state index contributed by atoms with van der Waals surface area (Å²) in [5.41, 5.74) is 3.77. The number of hydrogen-bond acceptors (Lipinski definition) is 6. The van der Waals surface area contributed by atoms with Gasteiger partial charge < -0.3 is 10.1 Å². The van der Waals surface area contributed by atoms with Crippen LogP contribution in [0.25, 0.3) is 0 Å². The van der Waals surface area contributed by atoms with Crippen molar-refractivity contribution in [3.8, 4) is 0 Å². The lowest BCUT2D eigenvalue weighted by molar-refractivity contribution is -0.116. The predicted octanol–water partition coefficient (Wildman–Crippen LogP) is 4.11. The van der Waals surface area contributed by atoms with Gasteiger partial charge in [0.05, 0.1) is 12.3 Å². The molecule has 1 aliphatic rings. The van der Waals surface area contributed by atoms with E-state index in [9.17, 15) is 14.4 Å². The Balaban J connectivity index is 1.55. The number of carbonyl (C=O) groups is 3. The number of aromatic nitrogens is 1. The van der Waals surface area contributed by atoms with Crippen LogP contribution < -0.4 is 5.32 Å². The molecule has 2 aromatic rings. The summed E-state index contributed by atoms with van der Waals surface area (Å²) < 4.78 is 4.97. The van der Waals surface area contributed by atoms with E-state index in [-0.39, 0.29) is 31.1 Å². The van der Waals surface area contributed by atoms with Gasteiger partial charge in [0.2, 0.25) is 5.91 Å². The summed E-state index contributed by atoms with van der Waals surface area (Å²) in [5, 5.41) is 3.00. The predicted molar refractivity (Wildman–Crippen MR) is 108 cm³/mol. The van der Waals surface area contributed by atoms with Gasteiger partial charge in [-0.05, 0) is 56.7 Å². The van der Waals surface area contributed by atoms with Crippen LogP contribution in [-0.2, 0) is 22.4 Å². The average molecular weight is 401 g/mol. The van der Waals surface area contributed by atoms with Gasteiger partial charge in [0.25, 0.3) is 0 Å². The fraction of sp³-hybridized carbons (Fsp3) is 0.429. The summed E-state index contributed by atoms with van der Waals surface area (Å²) in [6.07, 6.45) is 4.67. The maximum Gasteiger partial charge on any atom is 0.350 e. The highest BCUT2D eigenvalue weighted by molar-refractivity contribution is 7.17. The van der Waals surface area contributed by atoms with Crippen molar-refractivity contribution in [3.05, 3.63) is 45.5 Å². The normalized spacial score (nSPS) is 12.9. The van der Waals surface area contributed by atoms with E-state index in [2.05, 4.69) is 10.3 Å². The van der Waals surface area contributed by atoms with Gasteiger partial charge in [-0.2, -0.15) is 0 Å². The van der Waals surface area contributed by atoms with Gasteiger partial charge in [-0.1, -0.05) is 23.5 Å². The summed E-state index contributed by atoms with van der Waals surface area (Å²) >= 11 is 1.08. The molecule has 7 heteroatoms. The van der Waals surface area contributed by atoms with Crippen LogP contribution in [0, 0.1) is 6.92 Å². The summed E-state index contributed by atoms with van der Waals surface area (Å²) in [6, 6.07) is 5.88. The lowest BCUT2D eigenvalue weighted by atomic mass is 9.89. The maximum atomic E-state index is 12.5. The SMILES string of the molecule is CCOC(=O)c1sc(NC(=O)CCC(=O)c2ccc3c(c2)CCCC3)nc1C. The molecule has 1 heterocycles. The molecule has 0 radical (unpaired) electrons. The monoisotopic (exact) mass is 400 g/mol. The van der Waals surface area contributed by atoms with Crippen LogP contribution in [0.15, 0.2) is 18.2 Å². The second-order valence-corrected chi connectivity index (χ2v) is 7.82. The molecule has 1 amide bonds. The molecule has 6 nitrogen and oxygen atoms in total. The number of carbonyl (C=O) groups excluding carboxylic acids is 3. The number of nitrogens with zero attached hydrogens (tertiary/aromatic N) is 1. The third-order valence-electron chi connectivity index (χ3n) is 4.75. The second-order valence-electron chi connectivity index (χ2n) is 6.82. The van der Waals surface area contributed by atoms with Crippen LogP contribution in [0.5, 0.6) is 0 Å². The Bertz CT molecular complexity index is 904. The number of rotatable bonds is 7. The molecular formula is C21H24N2O4S. The number of amides is 1. The third-order valence-corrected chi connectivity index (χ3v) is 5.81. The molecule has 0 bridgehead atoms. The van der Waals surface area contributed by atoms with E-state index in [1.807, 2.05) is 18.2 Å². The Kier molecular flexibility index (Phi) is 6.57. The van der Waals surface area contributed by atoms with Crippen molar-refractivity contribution < 1.29 is 19.1 Å². The van der Waals surface area contributed by atoms with E-state index in [1.165, 1.54) is 17.5 Å². The minimum atomic E-state index is -0.444. The van der Waals surface area contributed by atoms with Crippen LogP contribution in [0.4, 0.5) is 5.13 Å². The number of esters is 1. The molecule has 1 aromatic carbocycles. The highest BCUT2D eigenvalue weighted by Crippen LogP contribution is 2.25. The van der Waals surface area contributed by atoms with Crippen molar-refractivity contribution in [2.24, 2.45) is 0 Å². The van der Waals surface area contributed by atoms with E-state index in [4.69, 9.17) is 4.74 Å². The van der Waals surface area contributed by atoms with Crippen molar-refractivity contribution in [2.45, 2.75) is 52.4 Å². The minimum Gasteiger partial charge on any atom is -0.462 e. The standard InChI is InChI=1S/C21H24N2O4S/c1-3-27-20(26)19-13(2)22-21(28-19)23-18(25)11-10-17(24)16-9-8-14-6-4-5-7-15(14)12-16/h8-9,12H,3-7,10-11H2,1-2H3,(H,22,23,25). The van der Waals surface area contributed by atoms with E-state index < -0.39 is 5.97 Å². The van der Waals surface area contributed by atoms with E-state index in [0.717, 1.165) is 30.6 Å². The van der Waals surface area contributed by atoms with E-state index in [0.29, 0.717) is 21.3 Å². The highest BCUT2D eigenvalue weighted by atomic mass is 32.1. The molecular weight excluding hydrogens is 376 g/mol. The Hall–Kier alpha value is -2.54. The number of benzene rings is 1. The van der Waals surface area contributed by atoms with E-state index in [1.54, 1.807) is 13.8 Å². The molecule has 3 rings (SSSR count). The molecule has 0 spiro atoms. The molecule has 28 heavy (non-hydrogen) atoms. The fourth-order valence-electron chi connectivity index (χ4n) is 3.30. The first kappa shape index (κ1) is 20.2. The number of hydrogen-bond donors (Lipinski definition) is 1. The van der Waals surface area contributed by atoms with Gasteiger partial charge in [-0.15, -0.1) is 0 Å². The molecule has 148 valence electrons. The molecule has 1 aromatic heterocycles. The van der Waals surface area contributed by atoms with Gasteiger partial charge in [-0.3, -0.25) is 9.59 Å². The fourth-order valence-corrected chi connectivity index (χ4v) is 4.17. The van der Waals surface area contributed by atoms with Crippen molar-refractivity contribution in [1.29, 1.82) is 0 Å². The van der Waals surface area contributed by atoms with Crippen LogP contribution in [0.1, 0.15) is 69.5 Å². The van der Waals surface area contributed by atoms with Gasteiger partial charge in [0, 0.05) is 18.4 Å². The lowest BCUT2D eigenvalue weighted by Gasteiger charge is -2.16. The Morgan fingerprint density at radius 1 is 1.14 bits per heavy atom. The lowest BCUT2D eigenvalue weighted by Crippen LogP contribution is -2.14. The zero-order valence-corrected chi connectivity index (χ0v) is 17.0. The molecule has 0 fully saturated rings. The molecule has 0 saturated heterocycles. The number of fused-ring (bicyclic) bond motifs is 1. The van der Waals surface area contributed by atoms with Gasteiger partial charge in [0.1, 0.15) is 4.88 Å². The summed E-state index contributed by atoms with van der Waals surface area (Å²) in [6.45, 7) is 3.71. The molecule has 1 N–H and O–H groups in total. The molecule has 0 saturated carbocycles. The van der Waals surface area contributed by atoms with Crippen LogP contribution in [0.3, 0.4) is 0 Å². The zero-order valence-electron chi connectivity index (χ0n) is 16.2. The number of ketones is 1. The van der Waals surface area contributed by atoms with Gasteiger partial charge in [-0.25, -0.2) is 9.78 Å². The number of nitrogens with one attached hydrogen (secondary N) is 1. The Morgan fingerprint density at radius 3 is 2.64 bits per heavy atom. The Morgan fingerprint density at radius 2 is 1.89 bits per heavy atom. The number of aryl methyl sites for hydroxylation is 3. The Labute approximate surface area is 168 Å². The topological polar surface area (TPSA) is 85.4 Å². The first-order valence-electron chi connectivity index (χ1n) is 9.57. The molecule has 0 unspecified atom stereocenters. The first-order chi connectivity index (χ1) is 13.5. The van der Waals surface area contributed by atoms with Gasteiger partial charge >= 0.3 is 5.97 Å². The van der Waals surface area contributed by atoms with E-state index >= 15 is 0 Å². The summed E-state index contributed by atoms with van der Waals surface area (Å²) in [4.78, 5) is 41.0. The van der Waals surface area contributed by atoms with Crippen LogP contribution in [-0.4, -0.2) is 29.3 Å². The maximum absolute atomic E-state index is 12.5. The van der Waals surface area contributed by atoms with Crippen molar-refractivity contribution in [1.82, 2.24) is 4.98 Å². The van der Waals surface area contributed by atoms with Crippen molar-refractivity contribution in [2.75, 3.05) is 11.9 Å². The second kappa shape index (κ2) is 9.10. The number of Topliss-reactive ketones (excluding diaryl/α,β-unsaturated/α-hetero) is 1. The number of anilines is 1. The van der Waals surface area contributed by atoms with Gasteiger partial charge in [0.15, 0.2) is 10.9 Å². The number of ether oxygens (including phenoxy) is 1. The zero-order chi connectivity index (χ0) is 20.1. The van der Waals surface area contributed by atoms with Crippen LogP contribution >= 0.6 is 11.3 Å².